The molecule has 10 heteroatoms. The van der Waals surface area contributed by atoms with Crippen LogP contribution < -0.4 is 14.4 Å². The standard InChI is InChI=1S/C35H38ClN3O5S/c1-35(2,3)37-34(41)32(22-26-13-7-5-8-14-26)38(24-27-15-11-18-30(21-27)44-4)33(40)25-39(29-17-12-16-28(36)23-29)45(42,43)31-19-9-6-10-20-31/h5-21,23,32H,22,24-25H2,1-4H3,(H,37,41)/t32-/m0/s1. The predicted molar refractivity (Wildman–Crippen MR) is 178 cm³/mol. The minimum Gasteiger partial charge on any atom is -0.497 e. The summed E-state index contributed by atoms with van der Waals surface area (Å²) in [6, 6.07) is 29.9. The molecule has 0 aliphatic heterocycles. The molecule has 0 aliphatic rings. The van der Waals surface area contributed by atoms with Crippen LogP contribution >= 0.6 is 11.6 Å². The third kappa shape index (κ3) is 9.09. The molecule has 4 aromatic carbocycles. The topological polar surface area (TPSA) is 96.0 Å². The van der Waals surface area contributed by atoms with Crippen LogP contribution in [0.1, 0.15) is 31.9 Å². The van der Waals surface area contributed by atoms with Crippen LogP contribution in [0, 0.1) is 0 Å². The molecule has 0 radical (unpaired) electrons. The van der Waals surface area contributed by atoms with E-state index in [9.17, 15) is 18.0 Å². The minimum atomic E-state index is -4.21. The largest absolute Gasteiger partial charge is 0.497 e. The number of nitrogens with zero attached hydrogens (tertiary/aromatic N) is 2. The van der Waals surface area contributed by atoms with Crippen molar-refractivity contribution in [2.75, 3.05) is 18.0 Å². The molecular weight excluding hydrogens is 610 g/mol. The number of benzene rings is 4. The Balaban J connectivity index is 1.82. The minimum absolute atomic E-state index is 0.0171. The lowest BCUT2D eigenvalue weighted by atomic mass is 10.0. The quantitative estimate of drug-likeness (QED) is 0.201. The van der Waals surface area contributed by atoms with Gasteiger partial charge < -0.3 is 15.0 Å². The van der Waals surface area contributed by atoms with Gasteiger partial charge in [-0.25, -0.2) is 8.42 Å². The van der Waals surface area contributed by atoms with Crippen LogP contribution in [0.4, 0.5) is 5.69 Å². The molecule has 0 spiro atoms. The fraction of sp³-hybridized carbons (Fsp3) is 0.257. The Morgan fingerprint density at radius 1 is 0.844 bits per heavy atom. The lowest BCUT2D eigenvalue weighted by Gasteiger charge is -2.35. The van der Waals surface area contributed by atoms with Crippen LogP contribution in [0.2, 0.25) is 5.02 Å². The van der Waals surface area contributed by atoms with E-state index in [2.05, 4.69) is 5.32 Å². The molecule has 0 unspecified atom stereocenters. The van der Waals surface area contributed by atoms with Gasteiger partial charge in [0.25, 0.3) is 10.0 Å². The first-order valence-corrected chi connectivity index (χ1v) is 16.3. The summed E-state index contributed by atoms with van der Waals surface area (Å²) in [5.41, 5.74) is 1.20. The predicted octanol–water partition coefficient (Wildman–Crippen LogP) is 6.10. The molecule has 4 rings (SSSR count). The Morgan fingerprint density at radius 3 is 2.09 bits per heavy atom. The van der Waals surface area contributed by atoms with Crippen molar-refractivity contribution < 1.29 is 22.7 Å². The zero-order chi connectivity index (χ0) is 32.6. The molecule has 0 fully saturated rings. The summed E-state index contributed by atoms with van der Waals surface area (Å²) >= 11 is 6.28. The van der Waals surface area contributed by atoms with E-state index < -0.39 is 34.1 Å². The Kier molecular flexibility index (Phi) is 10.9. The van der Waals surface area contributed by atoms with E-state index in [0.717, 1.165) is 9.87 Å². The van der Waals surface area contributed by atoms with Crippen LogP contribution in [0.25, 0.3) is 0 Å². The van der Waals surface area contributed by atoms with Gasteiger partial charge in [0.2, 0.25) is 11.8 Å². The van der Waals surface area contributed by atoms with E-state index in [-0.39, 0.29) is 29.5 Å². The van der Waals surface area contributed by atoms with E-state index in [0.29, 0.717) is 16.3 Å². The molecule has 0 saturated heterocycles. The highest BCUT2D eigenvalue weighted by molar-refractivity contribution is 7.92. The van der Waals surface area contributed by atoms with Crippen molar-refractivity contribution in [3.63, 3.8) is 0 Å². The van der Waals surface area contributed by atoms with Gasteiger partial charge in [-0.15, -0.1) is 0 Å². The third-order valence-corrected chi connectivity index (χ3v) is 8.99. The lowest BCUT2D eigenvalue weighted by Crippen LogP contribution is -2.56. The highest BCUT2D eigenvalue weighted by Gasteiger charge is 2.35. The molecule has 0 saturated carbocycles. The number of ether oxygens (including phenoxy) is 1. The number of methoxy groups -OCH3 is 1. The normalized spacial score (nSPS) is 12.2. The summed E-state index contributed by atoms with van der Waals surface area (Å²) in [6.45, 7) is 5.06. The van der Waals surface area contributed by atoms with Crippen molar-refractivity contribution in [1.82, 2.24) is 10.2 Å². The Labute approximate surface area is 270 Å². The monoisotopic (exact) mass is 647 g/mol. The number of nitrogens with one attached hydrogen (secondary N) is 1. The van der Waals surface area contributed by atoms with Gasteiger partial charge in [-0.2, -0.15) is 0 Å². The molecule has 1 atom stereocenters. The number of carbonyl (C=O) groups is 2. The van der Waals surface area contributed by atoms with E-state index in [4.69, 9.17) is 16.3 Å². The van der Waals surface area contributed by atoms with Crippen LogP contribution in [-0.4, -0.2) is 50.4 Å². The van der Waals surface area contributed by atoms with Gasteiger partial charge in [0, 0.05) is 23.5 Å². The molecular formula is C35H38ClN3O5S. The number of hydrogen-bond donors (Lipinski definition) is 1. The fourth-order valence-electron chi connectivity index (χ4n) is 4.85. The van der Waals surface area contributed by atoms with E-state index in [1.807, 2.05) is 57.2 Å². The van der Waals surface area contributed by atoms with Gasteiger partial charge in [0.05, 0.1) is 17.7 Å². The second-order valence-electron chi connectivity index (χ2n) is 11.6. The molecule has 4 aromatic rings. The van der Waals surface area contributed by atoms with E-state index in [1.54, 1.807) is 61.7 Å². The van der Waals surface area contributed by atoms with Crippen LogP contribution in [0.3, 0.4) is 0 Å². The highest BCUT2D eigenvalue weighted by atomic mass is 35.5. The summed E-state index contributed by atoms with van der Waals surface area (Å²) in [5, 5.41) is 3.34. The van der Waals surface area contributed by atoms with Crippen LogP contribution in [-0.2, 0) is 32.6 Å². The van der Waals surface area contributed by atoms with E-state index in [1.165, 1.54) is 23.1 Å². The summed E-state index contributed by atoms with van der Waals surface area (Å²) in [5.74, 6) is -0.337. The van der Waals surface area contributed by atoms with Crippen molar-refractivity contribution in [2.24, 2.45) is 0 Å². The van der Waals surface area contributed by atoms with Crippen molar-refractivity contribution in [3.05, 3.63) is 125 Å². The second kappa shape index (κ2) is 14.6. The molecule has 0 bridgehead atoms. The Morgan fingerprint density at radius 2 is 1.47 bits per heavy atom. The van der Waals surface area contributed by atoms with Crippen molar-refractivity contribution in [2.45, 2.75) is 50.2 Å². The van der Waals surface area contributed by atoms with Gasteiger partial charge in [-0.05, 0) is 74.4 Å². The number of hydrogen-bond acceptors (Lipinski definition) is 5. The maximum absolute atomic E-state index is 14.5. The first kappa shape index (κ1) is 33.6. The zero-order valence-electron chi connectivity index (χ0n) is 25.8. The molecule has 8 nitrogen and oxygen atoms in total. The molecule has 2 amide bonds. The maximum atomic E-state index is 14.5. The van der Waals surface area contributed by atoms with Crippen molar-refractivity contribution >= 4 is 39.1 Å². The third-order valence-electron chi connectivity index (χ3n) is 6.96. The molecule has 1 N–H and O–H groups in total. The molecule has 0 aromatic heterocycles. The number of sulfonamides is 1. The smallest absolute Gasteiger partial charge is 0.264 e. The number of rotatable bonds is 12. The van der Waals surface area contributed by atoms with E-state index >= 15 is 0 Å². The Hall–Kier alpha value is -4.34. The lowest BCUT2D eigenvalue weighted by molar-refractivity contribution is -0.140. The average molecular weight is 648 g/mol. The van der Waals surface area contributed by atoms with Crippen molar-refractivity contribution in [1.29, 1.82) is 0 Å². The number of halogens is 1. The number of carbonyl (C=O) groups excluding carboxylic acids is 2. The summed E-state index contributed by atoms with van der Waals surface area (Å²) in [6.07, 6.45) is 0.209. The summed E-state index contributed by atoms with van der Waals surface area (Å²) in [4.78, 5) is 30.0. The van der Waals surface area contributed by atoms with Gasteiger partial charge in [0.15, 0.2) is 0 Å². The Bertz CT molecular complexity index is 1710. The van der Waals surface area contributed by atoms with Crippen LogP contribution in [0.15, 0.2) is 114 Å². The summed E-state index contributed by atoms with van der Waals surface area (Å²) in [7, 11) is -2.66. The first-order chi connectivity index (χ1) is 21.4. The van der Waals surface area contributed by atoms with Gasteiger partial charge in [-0.1, -0.05) is 78.3 Å². The maximum Gasteiger partial charge on any atom is 0.264 e. The zero-order valence-corrected chi connectivity index (χ0v) is 27.4. The highest BCUT2D eigenvalue weighted by Crippen LogP contribution is 2.27. The molecule has 45 heavy (non-hydrogen) atoms. The molecule has 0 heterocycles. The SMILES string of the molecule is COc1cccc(CN(C(=O)CN(c2cccc(Cl)c2)S(=O)(=O)c2ccccc2)[C@@H](Cc2ccccc2)C(=O)NC(C)(C)C)c1. The first-order valence-electron chi connectivity index (χ1n) is 14.5. The van der Waals surface area contributed by atoms with Gasteiger partial charge >= 0.3 is 0 Å². The fourth-order valence-corrected chi connectivity index (χ4v) is 6.47. The van der Waals surface area contributed by atoms with Gasteiger partial charge in [0.1, 0.15) is 18.3 Å². The molecule has 236 valence electrons. The van der Waals surface area contributed by atoms with Crippen LogP contribution in [0.5, 0.6) is 5.75 Å². The van der Waals surface area contributed by atoms with Gasteiger partial charge in [-0.3, -0.25) is 13.9 Å². The number of anilines is 1. The molecule has 0 aliphatic carbocycles. The average Bonchev–Trinajstić information content (AvgIpc) is 3.01. The summed E-state index contributed by atoms with van der Waals surface area (Å²) < 4.78 is 34.5. The second-order valence-corrected chi connectivity index (χ2v) is 13.9. The van der Waals surface area contributed by atoms with Crippen molar-refractivity contribution in [3.8, 4) is 5.75 Å². The number of amides is 2.